The molecule has 0 aliphatic heterocycles. The first kappa shape index (κ1) is 13.8. The number of anilines is 1. The van der Waals surface area contributed by atoms with Crippen LogP contribution in [0.15, 0.2) is 12.1 Å². The zero-order valence-electron chi connectivity index (χ0n) is 11.7. The summed E-state index contributed by atoms with van der Waals surface area (Å²) >= 11 is 0. The number of aryl methyl sites for hydroxylation is 1. The van der Waals surface area contributed by atoms with Crippen LogP contribution in [0, 0.1) is 28.9 Å². The molecular weight excluding hydrogens is 242 g/mol. The Labute approximate surface area is 113 Å². The molecule has 3 unspecified atom stereocenters. The summed E-state index contributed by atoms with van der Waals surface area (Å²) < 4.78 is 0. The van der Waals surface area contributed by atoms with Crippen molar-refractivity contribution in [1.29, 1.82) is 0 Å². The minimum atomic E-state index is -0.392. The SMILES string of the molecule is Cc1nc(NC2CCC(C)C(C)C2)ccc1[N+](=O)[O-]. The summed E-state index contributed by atoms with van der Waals surface area (Å²) in [7, 11) is 0. The first-order valence-electron chi connectivity index (χ1n) is 6.86. The van der Waals surface area contributed by atoms with Gasteiger partial charge in [-0.15, -0.1) is 0 Å². The summed E-state index contributed by atoms with van der Waals surface area (Å²) in [5, 5.41) is 14.2. The van der Waals surface area contributed by atoms with Gasteiger partial charge < -0.3 is 5.32 Å². The predicted molar refractivity (Wildman–Crippen MR) is 75.2 cm³/mol. The Morgan fingerprint density at radius 2 is 2.05 bits per heavy atom. The Kier molecular flexibility index (Phi) is 4.02. The molecule has 0 bridgehead atoms. The largest absolute Gasteiger partial charge is 0.367 e. The van der Waals surface area contributed by atoms with Crippen molar-refractivity contribution in [3.63, 3.8) is 0 Å². The Balaban J connectivity index is 2.04. The predicted octanol–water partition coefficient (Wildman–Crippen LogP) is 3.53. The lowest BCUT2D eigenvalue weighted by molar-refractivity contribution is -0.385. The Morgan fingerprint density at radius 3 is 2.63 bits per heavy atom. The molecule has 5 heteroatoms. The molecule has 1 aromatic heterocycles. The van der Waals surface area contributed by atoms with E-state index in [0.29, 0.717) is 17.7 Å². The number of aromatic nitrogens is 1. The van der Waals surface area contributed by atoms with Crippen molar-refractivity contribution in [2.45, 2.75) is 46.1 Å². The standard InChI is InChI=1S/C14H21N3O2/c1-9-4-5-12(8-10(9)2)16-14-7-6-13(17(18)19)11(3)15-14/h6-7,9-10,12H,4-5,8H2,1-3H3,(H,15,16). The molecule has 0 amide bonds. The Morgan fingerprint density at radius 1 is 1.32 bits per heavy atom. The lowest BCUT2D eigenvalue weighted by Gasteiger charge is -2.32. The van der Waals surface area contributed by atoms with Gasteiger partial charge >= 0.3 is 0 Å². The maximum absolute atomic E-state index is 10.7. The zero-order chi connectivity index (χ0) is 14.0. The molecule has 0 aromatic carbocycles. The van der Waals surface area contributed by atoms with Gasteiger partial charge in [-0.3, -0.25) is 10.1 Å². The molecule has 5 nitrogen and oxygen atoms in total. The first-order chi connectivity index (χ1) is 8.97. The van der Waals surface area contributed by atoms with E-state index in [4.69, 9.17) is 0 Å². The van der Waals surface area contributed by atoms with Crippen LogP contribution in [-0.2, 0) is 0 Å². The van der Waals surface area contributed by atoms with E-state index in [9.17, 15) is 10.1 Å². The number of rotatable bonds is 3. The fourth-order valence-electron chi connectivity index (χ4n) is 2.71. The molecule has 1 aliphatic rings. The van der Waals surface area contributed by atoms with Crippen LogP contribution >= 0.6 is 0 Å². The van der Waals surface area contributed by atoms with Gasteiger partial charge in [0.05, 0.1) is 4.92 Å². The van der Waals surface area contributed by atoms with Crippen LogP contribution < -0.4 is 5.32 Å². The second-order valence-electron chi connectivity index (χ2n) is 5.67. The molecule has 0 spiro atoms. The summed E-state index contributed by atoms with van der Waals surface area (Å²) in [6, 6.07) is 3.66. The van der Waals surface area contributed by atoms with Crippen LogP contribution in [0.2, 0.25) is 0 Å². The van der Waals surface area contributed by atoms with Gasteiger partial charge in [0, 0.05) is 12.1 Å². The third kappa shape index (κ3) is 3.22. The topological polar surface area (TPSA) is 68.1 Å². The number of hydrogen-bond acceptors (Lipinski definition) is 4. The van der Waals surface area contributed by atoms with Crippen LogP contribution in [0.1, 0.15) is 38.8 Å². The molecule has 1 aliphatic carbocycles. The van der Waals surface area contributed by atoms with Gasteiger partial charge in [0.1, 0.15) is 11.5 Å². The minimum absolute atomic E-state index is 0.0798. The first-order valence-corrected chi connectivity index (χ1v) is 6.86. The van der Waals surface area contributed by atoms with Gasteiger partial charge in [-0.2, -0.15) is 0 Å². The second-order valence-corrected chi connectivity index (χ2v) is 5.67. The number of nitrogens with one attached hydrogen (secondary N) is 1. The summed E-state index contributed by atoms with van der Waals surface area (Å²) in [5.41, 5.74) is 0.545. The molecule has 19 heavy (non-hydrogen) atoms. The normalized spacial score (nSPS) is 27.0. The molecule has 3 atom stereocenters. The van der Waals surface area contributed by atoms with E-state index >= 15 is 0 Å². The van der Waals surface area contributed by atoms with Crippen molar-refractivity contribution in [3.05, 3.63) is 27.9 Å². The molecule has 0 radical (unpaired) electrons. The van der Waals surface area contributed by atoms with Crippen molar-refractivity contribution in [2.75, 3.05) is 5.32 Å². The molecular formula is C14H21N3O2. The fourth-order valence-corrected chi connectivity index (χ4v) is 2.71. The van der Waals surface area contributed by atoms with Gasteiger partial charge in [0.25, 0.3) is 5.69 Å². The van der Waals surface area contributed by atoms with E-state index in [1.54, 1.807) is 13.0 Å². The van der Waals surface area contributed by atoms with Crippen molar-refractivity contribution in [2.24, 2.45) is 11.8 Å². The molecule has 104 valence electrons. The van der Waals surface area contributed by atoms with E-state index in [-0.39, 0.29) is 5.69 Å². The molecule has 0 saturated heterocycles. The summed E-state index contributed by atoms with van der Waals surface area (Å²) in [5.74, 6) is 2.24. The van der Waals surface area contributed by atoms with Gasteiger partial charge in [-0.1, -0.05) is 13.8 Å². The van der Waals surface area contributed by atoms with Gasteiger partial charge in [0.2, 0.25) is 0 Å². The van der Waals surface area contributed by atoms with Crippen LogP contribution in [0.25, 0.3) is 0 Å². The second kappa shape index (κ2) is 5.55. The Bertz CT molecular complexity index is 476. The van der Waals surface area contributed by atoms with E-state index in [1.165, 1.54) is 12.5 Å². The number of pyridine rings is 1. The number of nitro groups is 1. The van der Waals surface area contributed by atoms with Crippen molar-refractivity contribution < 1.29 is 4.92 Å². The van der Waals surface area contributed by atoms with Crippen LogP contribution in [0.3, 0.4) is 0 Å². The molecule has 2 rings (SSSR count). The molecule has 1 saturated carbocycles. The van der Waals surface area contributed by atoms with Crippen molar-refractivity contribution in [3.8, 4) is 0 Å². The zero-order valence-corrected chi connectivity index (χ0v) is 11.7. The van der Waals surface area contributed by atoms with E-state index in [2.05, 4.69) is 24.1 Å². The van der Waals surface area contributed by atoms with Gasteiger partial charge in [0.15, 0.2) is 0 Å². The van der Waals surface area contributed by atoms with E-state index in [0.717, 1.165) is 24.6 Å². The number of hydrogen-bond donors (Lipinski definition) is 1. The third-order valence-corrected chi connectivity index (χ3v) is 4.20. The lowest BCUT2D eigenvalue weighted by Crippen LogP contribution is -2.30. The molecule has 1 heterocycles. The van der Waals surface area contributed by atoms with Crippen LogP contribution in [-0.4, -0.2) is 15.9 Å². The highest BCUT2D eigenvalue weighted by Crippen LogP contribution is 2.31. The third-order valence-electron chi connectivity index (χ3n) is 4.20. The molecule has 1 aromatic rings. The van der Waals surface area contributed by atoms with E-state index in [1.807, 2.05) is 0 Å². The Hall–Kier alpha value is -1.65. The maximum Gasteiger partial charge on any atom is 0.290 e. The van der Waals surface area contributed by atoms with Gasteiger partial charge in [-0.05, 0) is 44.1 Å². The summed E-state index contributed by atoms with van der Waals surface area (Å²) in [4.78, 5) is 14.6. The smallest absolute Gasteiger partial charge is 0.290 e. The highest BCUT2D eigenvalue weighted by atomic mass is 16.6. The van der Waals surface area contributed by atoms with Crippen LogP contribution in [0.5, 0.6) is 0 Å². The van der Waals surface area contributed by atoms with Crippen LogP contribution in [0.4, 0.5) is 11.5 Å². The average molecular weight is 263 g/mol. The minimum Gasteiger partial charge on any atom is -0.367 e. The quantitative estimate of drug-likeness (QED) is 0.669. The highest BCUT2D eigenvalue weighted by Gasteiger charge is 2.24. The summed E-state index contributed by atoms with van der Waals surface area (Å²) in [6.45, 7) is 6.26. The highest BCUT2D eigenvalue weighted by molar-refractivity contribution is 5.45. The monoisotopic (exact) mass is 263 g/mol. The van der Waals surface area contributed by atoms with E-state index < -0.39 is 4.92 Å². The summed E-state index contributed by atoms with van der Waals surface area (Å²) in [6.07, 6.45) is 3.51. The fraction of sp³-hybridized carbons (Fsp3) is 0.643. The maximum atomic E-state index is 10.7. The van der Waals surface area contributed by atoms with Crippen molar-refractivity contribution in [1.82, 2.24) is 4.98 Å². The lowest BCUT2D eigenvalue weighted by atomic mass is 9.79. The molecule has 1 fully saturated rings. The number of nitrogens with zero attached hydrogens (tertiary/aromatic N) is 2. The molecule has 1 N–H and O–H groups in total. The average Bonchev–Trinajstić information content (AvgIpc) is 2.33. The van der Waals surface area contributed by atoms with Gasteiger partial charge in [-0.25, -0.2) is 4.98 Å². The van der Waals surface area contributed by atoms with Crippen molar-refractivity contribution >= 4 is 11.5 Å².